The van der Waals surface area contributed by atoms with Gasteiger partial charge in [0.2, 0.25) is 5.91 Å². The predicted octanol–water partition coefficient (Wildman–Crippen LogP) is 4.42. The third-order valence-corrected chi connectivity index (χ3v) is 2.71. The minimum atomic E-state index is -0.938. The van der Waals surface area contributed by atoms with Crippen molar-refractivity contribution in [2.45, 2.75) is 92.8 Å². The Balaban J connectivity index is 0. The Morgan fingerprint density at radius 2 is 1.37 bits per heavy atom. The standard InChI is InChI=1S/C18H34N2O6.CH4/c1-8-12-19-14(21)11-9-10-13-24-20(15(22)25-17(2,3)4)16(23)26-18(5,6)7;/h8-13H2,1-7H3,(H,19,21);1H4. The van der Waals surface area contributed by atoms with E-state index in [1.165, 1.54) is 0 Å². The van der Waals surface area contributed by atoms with Crippen molar-refractivity contribution in [1.82, 2.24) is 10.4 Å². The largest absolute Gasteiger partial charge is 0.444 e. The molecule has 0 saturated heterocycles. The summed E-state index contributed by atoms with van der Waals surface area (Å²) in [6.45, 7) is 12.8. The predicted molar refractivity (Wildman–Crippen MR) is 104 cm³/mol. The minimum absolute atomic E-state index is 0. The Labute approximate surface area is 163 Å². The van der Waals surface area contributed by atoms with E-state index < -0.39 is 23.4 Å². The number of ether oxygens (including phenoxy) is 2. The molecule has 0 saturated carbocycles. The first kappa shape index (κ1) is 27.4. The van der Waals surface area contributed by atoms with Gasteiger partial charge in [-0.25, -0.2) is 9.59 Å². The van der Waals surface area contributed by atoms with Gasteiger partial charge < -0.3 is 14.8 Å². The van der Waals surface area contributed by atoms with Crippen molar-refractivity contribution in [3.05, 3.63) is 0 Å². The molecule has 0 fully saturated rings. The average molecular weight is 391 g/mol. The Kier molecular flexibility index (Phi) is 12.7. The van der Waals surface area contributed by atoms with Crippen molar-refractivity contribution < 1.29 is 28.7 Å². The maximum Gasteiger partial charge on any atom is 0.444 e. The van der Waals surface area contributed by atoms with E-state index in [0.717, 1.165) is 6.42 Å². The fourth-order valence-corrected chi connectivity index (χ4v) is 1.68. The number of hydrogen-bond donors (Lipinski definition) is 1. The lowest BCUT2D eigenvalue weighted by Gasteiger charge is -2.27. The zero-order valence-corrected chi connectivity index (χ0v) is 17.1. The van der Waals surface area contributed by atoms with Gasteiger partial charge in [0.25, 0.3) is 0 Å². The summed E-state index contributed by atoms with van der Waals surface area (Å²) >= 11 is 0. The number of nitrogens with one attached hydrogen (secondary N) is 1. The Hall–Kier alpha value is -1.83. The topological polar surface area (TPSA) is 94.2 Å². The molecular formula is C19H38N2O6. The molecule has 8 nitrogen and oxygen atoms in total. The molecule has 0 heterocycles. The molecule has 0 unspecified atom stereocenters. The molecule has 0 aliphatic rings. The van der Waals surface area contributed by atoms with Crippen molar-refractivity contribution in [1.29, 1.82) is 0 Å². The first-order valence-corrected chi connectivity index (χ1v) is 9.01. The molecule has 0 spiro atoms. The Bertz CT molecular complexity index is 438. The van der Waals surface area contributed by atoms with E-state index in [2.05, 4.69) is 5.32 Å². The number of nitrogens with zero attached hydrogens (tertiary/aromatic N) is 1. The van der Waals surface area contributed by atoms with Crippen molar-refractivity contribution in [2.24, 2.45) is 0 Å². The van der Waals surface area contributed by atoms with Gasteiger partial charge in [0.1, 0.15) is 11.2 Å². The molecule has 0 radical (unpaired) electrons. The number of amides is 3. The number of hydrogen-bond acceptors (Lipinski definition) is 6. The Morgan fingerprint density at radius 3 is 1.78 bits per heavy atom. The number of hydroxylamine groups is 2. The first-order chi connectivity index (χ1) is 11.9. The smallest absolute Gasteiger partial charge is 0.442 e. The molecular weight excluding hydrogens is 352 g/mol. The highest BCUT2D eigenvalue weighted by Gasteiger charge is 2.32. The molecule has 8 heteroatoms. The van der Waals surface area contributed by atoms with Gasteiger partial charge in [-0.1, -0.05) is 19.4 Å². The van der Waals surface area contributed by atoms with E-state index in [0.29, 0.717) is 30.9 Å². The van der Waals surface area contributed by atoms with Crippen LogP contribution in [-0.4, -0.2) is 47.5 Å². The van der Waals surface area contributed by atoms with Crippen LogP contribution >= 0.6 is 0 Å². The SMILES string of the molecule is C.CCCNC(=O)CCCCON(C(=O)OC(C)(C)C)C(=O)OC(C)(C)C. The molecule has 0 aromatic carbocycles. The monoisotopic (exact) mass is 390 g/mol. The zero-order valence-electron chi connectivity index (χ0n) is 17.1. The number of unbranched alkanes of at least 4 members (excludes halogenated alkanes) is 1. The highest BCUT2D eigenvalue weighted by atomic mass is 16.8. The van der Waals surface area contributed by atoms with Crippen LogP contribution in [0.2, 0.25) is 0 Å². The molecule has 0 aromatic rings. The van der Waals surface area contributed by atoms with Gasteiger partial charge in [-0.2, -0.15) is 0 Å². The highest BCUT2D eigenvalue weighted by molar-refractivity contribution is 5.86. The average Bonchev–Trinajstić information content (AvgIpc) is 2.44. The molecule has 0 rings (SSSR count). The molecule has 27 heavy (non-hydrogen) atoms. The van der Waals surface area contributed by atoms with Gasteiger partial charge in [0, 0.05) is 13.0 Å². The van der Waals surface area contributed by atoms with E-state index >= 15 is 0 Å². The van der Waals surface area contributed by atoms with Gasteiger partial charge in [0.15, 0.2) is 0 Å². The second kappa shape index (κ2) is 12.5. The van der Waals surface area contributed by atoms with Crippen molar-refractivity contribution >= 4 is 18.1 Å². The van der Waals surface area contributed by atoms with Gasteiger partial charge in [0.05, 0.1) is 6.61 Å². The van der Waals surface area contributed by atoms with Crippen LogP contribution in [0.1, 0.15) is 81.6 Å². The highest BCUT2D eigenvalue weighted by Crippen LogP contribution is 2.15. The molecule has 0 bridgehead atoms. The van der Waals surface area contributed by atoms with E-state index in [-0.39, 0.29) is 19.9 Å². The minimum Gasteiger partial charge on any atom is -0.442 e. The number of imide groups is 1. The van der Waals surface area contributed by atoms with Gasteiger partial charge in [-0.05, 0) is 60.8 Å². The Morgan fingerprint density at radius 1 is 0.889 bits per heavy atom. The molecule has 160 valence electrons. The summed E-state index contributed by atoms with van der Waals surface area (Å²) in [5.41, 5.74) is -1.56. The first-order valence-electron chi connectivity index (χ1n) is 9.01. The molecule has 0 aliphatic carbocycles. The second-order valence-corrected chi connectivity index (χ2v) is 7.90. The normalized spacial score (nSPS) is 11.2. The summed E-state index contributed by atoms with van der Waals surface area (Å²) in [7, 11) is 0. The summed E-state index contributed by atoms with van der Waals surface area (Å²) < 4.78 is 10.3. The lowest BCUT2D eigenvalue weighted by Crippen LogP contribution is -2.43. The summed E-state index contributed by atoms with van der Waals surface area (Å²) in [4.78, 5) is 41.2. The van der Waals surface area contributed by atoms with E-state index in [9.17, 15) is 14.4 Å². The fraction of sp³-hybridized carbons (Fsp3) is 0.842. The summed E-state index contributed by atoms with van der Waals surface area (Å²) in [6.07, 6.45) is 0.450. The van der Waals surface area contributed by atoms with E-state index in [4.69, 9.17) is 14.3 Å². The third kappa shape index (κ3) is 15.0. The van der Waals surface area contributed by atoms with Gasteiger partial charge in [-0.15, -0.1) is 0 Å². The second-order valence-electron chi connectivity index (χ2n) is 7.90. The van der Waals surface area contributed by atoms with Crippen molar-refractivity contribution in [3.63, 3.8) is 0 Å². The van der Waals surface area contributed by atoms with Crippen LogP contribution in [0, 0.1) is 0 Å². The molecule has 0 aromatic heterocycles. The fourth-order valence-electron chi connectivity index (χ4n) is 1.68. The summed E-state index contributed by atoms with van der Waals surface area (Å²) in [5, 5.41) is 3.28. The molecule has 0 aliphatic heterocycles. The third-order valence-electron chi connectivity index (χ3n) is 2.71. The molecule has 0 atom stereocenters. The maximum atomic E-state index is 12.2. The number of carbonyl (C=O) groups is 3. The van der Waals surface area contributed by atoms with Crippen LogP contribution in [0.5, 0.6) is 0 Å². The van der Waals surface area contributed by atoms with Crippen LogP contribution in [0.25, 0.3) is 0 Å². The quantitative estimate of drug-likeness (QED) is 0.487. The number of rotatable bonds is 8. The van der Waals surface area contributed by atoms with Crippen LogP contribution in [0.15, 0.2) is 0 Å². The molecule has 1 N–H and O–H groups in total. The van der Waals surface area contributed by atoms with Crippen LogP contribution in [0.3, 0.4) is 0 Å². The van der Waals surface area contributed by atoms with Crippen LogP contribution in [0.4, 0.5) is 9.59 Å². The van der Waals surface area contributed by atoms with Crippen molar-refractivity contribution in [2.75, 3.05) is 13.2 Å². The maximum absolute atomic E-state index is 12.2. The van der Waals surface area contributed by atoms with Crippen molar-refractivity contribution in [3.8, 4) is 0 Å². The lowest BCUT2D eigenvalue weighted by atomic mass is 10.2. The molecule has 3 amide bonds. The summed E-state index contributed by atoms with van der Waals surface area (Å²) in [5.74, 6) is -0.0250. The van der Waals surface area contributed by atoms with E-state index in [1.54, 1.807) is 41.5 Å². The zero-order chi connectivity index (χ0) is 20.4. The van der Waals surface area contributed by atoms with Crippen LogP contribution < -0.4 is 5.32 Å². The summed E-state index contributed by atoms with van der Waals surface area (Å²) in [6, 6.07) is 0. The van der Waals surface area contributed by atoms with E-state index in [1.807, 2.05) is 6.92 Å². The van der Waals surface area contributed by atoms with Crippen LogP contribution in [-0.2, 0) is 19.1 Å². The lowest BCUT2D eigenvalue weighted by molar-refractivity contribution is -0.139. The number of carbonyl (C=O) groups excluding carboxylic acids is 3. The van der Waals surface area contributed by atoms with Gasteiger partial charge >= 0.3 is 12.2 Å². The van der Waals surface area contributed by atoms with Gasteiger partial charge in [-0.3, -0.25) is 9.63 Å².